The Labute approximate surface area is 189 Å². The van der Waals surface area contributed by atoms with Crippen LogP contribution >= 0.6 is 0 Å². The van der Waals surface area contributed by atoms with Crippen LogP contribution in [0.15, 0.2) is 52.4 Å². The molecule has 1 atom stereocenters. The summed E-state index contributed by atoms with van der Waals surface area (Å²) in [6.45, 7) is 2.56. The molecule has 0 unspecified atom stereocenters. The van der Waals surface area contributed by atoms with Crippen LogP contribution in [-0.2, 0) is 9.53 Å². The highest BCUT2D eigenvalue weighted by atomic mass is 19.1. The van der Waals surface area contributed by atoms with Crippen molar-refractivity contribution in [1.29, 1.82) is 0 Å². The number of halogens is 1. The Kier molecular flexibility index (Phi) is 6.43. The first kappa shape index (κ1) is 22.1. The second-order valence-electron chi connectivity index (χ2n) is 7.55. The average molecular weight is 451 g/mol. The van der Waals surface area contributed by atoms with E-state index in [0.717, 1.165) is 0 Å². The largest absolute Gasteiger partial charge is 0.442 e. The van der Waals surface area contributed by atoms with E-state index in [1.54, 1.807) is 42.6 Å². The number of amides is 3. The van der Waals surface area contributed by atoms with Crippen molar-refractivity contribution in [2.45, 2.75) is 13.0 Å². The molecular formula is C23H22FN5O4. The lowest BCUT2D eigenvalue weighted by atomic mass is 10.0. The molecule has 0 saturated carbocycles. The van der Waals surface area contributed by atoms with Crippen LogP contribution in [0.5, 0.6) is 0 Å². The number of rotatable bonds is 7. The molecule has 4 rings (SSSR count). The van der Waals surface area contributed by atoms with Crippen LogP contribution in [0.25, 0.3) is 11.1 Å². The maximum atomic E-state index is 14.9. The van der Waals surface area contributed by atoms with Gasteiger partial charge in [0.15, 0.2) is 0 Å². The topological polar surface area (TPSA) is 112 Å². The maximum Gasteiger partial charge on any atom is 0.414 e. The highest BCUT2D eigenvalue weighted by Gasteiger charge is 2.32. The third-order valence-corrected chi connectivity index (χ3v) is 5.18. The molecule has 9 nitrogen and oxygen atoms in total. The first-order chi connectivity index (χ1) is 15.9. The predicted molar refractivity (Wildman–Crippen MR) is 121 cm³/mol. The molecule has 0 bridgehead atoms. The number of cyclic esters (lactones) is 1. The van der Waals surface area contributed by atoms with Crippen LogP contribution in [-0.4, -0.2) is 62.2 Å². The highest BCUT2D eigenvalue weighted by molar-refractivity contribution is 6.01. The van der Waals surface area contributed by atoms with Crippen LogP contribution in [0.2, 0.25) is 0 Å². The van der Waals surface area contributed by atoms with E-state index in [0.29, 0.717) is 34.8 Å². The molecular weight excluding hydrogens is 429 g/mol. The minimum Gasteiger partial charge on any atom is -0.442 e. The van der Waals surface area contributed by atoms with Crippen molar-refractivity contribution < 1.29 is 23.5 Å². The van der Waals surface area contributed by atoms with Gasteiger partial charge in [-0.2, -0.15) is 0 Å². The van der Waals surface area contributed by atoms with E-state index in [-0.39, 0.29) is 31.4 Å². The minimum atomic E-state index is -0.595. The number of anilines is 1. The number of nitrogens with zero attached hydrogens (tertiary/aromatic N) is 3. The number of ether oxygens (including phenoxy) is 1. The molecule has 170 valence electrons. The van der Waals surface area contributed by atoms with Gasteiger partial charge in [-0.05, 0) is 35.9 Å². The fourth-order valence-electron chi connectivity index (χ4n) is 3.50. The van der Waals surface area contributed by atoms with Crippen LogP contribution in [0.3, 0.4) is 0 Å². The van der Waals surface area contributed by atoms with Gasteiger partial charge in [-0.3, -0.25) is 19.5 Å². The summed E-state index contributed by atoms with van der Waals surface area (Å²) in [5.41, 5.74) is 1.72. The Bertz CT molecular complexity index is 1150. The number of hydrogen-bond acceptors (Lipinski definition) is 6. The lowest BCUT2D eigenvalue weighted by Gasteiger charge is -2.14. The molecule has 2 aromatic rings. The Hall–Kier alpha value is -4.08. The summed E-state index contributed by atoms with van der Waals surface area (Å²) in [5.74, 6) is -0.435. The maximum absolute atomic E-state index is 14.9. The number of carbonyl (C=O) groups excluding carboxylic acids is 3. The summed E-state index contributed by atoms with van der Waals surface area (Å²) in [6.07, 6.45) is 0.574. The molecule has 0 radical (unpaired) electrons. The fraction of sp³-hybridized carbons (Fsp3) is 0.261. The highest BCUT2D eigenvalue weighted by Crippen LogP contribution is 2.29. The van der Waals surface area contributed by atoms with E-state index in [4.69, 9.17) is 4.74 Å². The zero-order valence-corrected chi connectivity index (χ0v) is 17.9. The Morgan fingerprint density at radius 1 is 1.18 bits per heavy atom. The molecule has 10 heteroatoms. The van der Waals surface area contributed by atoms with Gasteiger partial charge < -0.3 is 15.4 Å². The molecule has 1 saturated heterocycles. The van der Waals surface area contributed by atoms with Gasteiger partial charge >= 0.3 is 6.09 Å². The molecule has 2 aromatic carbocycles. The molecule has 33 heavy (non-hydrogen) atoms. The lowest BCUT2D eigenvalue weighted by Crippen LogP contribution is -2.33. The SMILES string of the molecule is CC(=O)NC[C@H]1CN(c2ccc(-c3ccc(C(=O)NCC4=NCC=N4)cc3)c(F)c2)C(=O)O1. The first-order valence-electron chi connectivity index (χ1n) is 10.4. The van der Waals surface area contributed by atoms with Gasteiger partial charge in [0.25, 0.3) is 5.91 Å². The van der Waals surface area contributed by atoms with E-state index >= 15 is 0 Å². The Balaban J connectivity index is 1.41. The third kappa shape index (κ3) is 5.22. The molecule has 2 aliphatic heterocycles. The second kappa shape index (κ2) is 9.60. The summed E-state index contributed by atoms with van der Waals surface area (Å²) < 4.78 is 20.1. The molecule has 0 spiro atoms. The molecule has 2 heterocycles. The summed E-state index contributed by atoms with van der Waals surface area (Å²) in [7, 11) is 0. The van der Waals surface area contributed by atoms with Crippen LogP contribution < -0.4 is 15.5 Å². The van der Waals surface area contributed by atoms with Gasteiger partial charge in [-0.15, -0.1) is 0 Å². The number of nitrogens with one attached hydrogen (secondary N) is 2. The van der Waals surface area contributed by atoms with Crippen molar-refractivity contribution in [3.05, 3.63) is 53.8 Å². The van der Waals surface area contributed by atoms with Crippen molar-refractivity contribution in [2.75, 3.05) is 31.1 Å². The monoisotopic (exact) mass is 451 g/mol. The van der Waals surface area contributed by atoms with Gasteiger partial charge in [-0.25, -0.2) is 14.2 Å². The van der Waals surface area contributed by atoms with E-state index < -0.39 is 18.0 Å². The van der Waals surface area contributed by atoms with E-state index in [9.17, 15) is 18.8 Å². The number of amidine groups is 1. The average Bonchev–Trinajstić information content (AvgIpc) is 3.45. The molecule has 0 aliphatic carbocycles. The third-order valence-electron chi connectivity index (χ3n) is 5.18. The fourth-order valence-corrected chi connectivity index (χ4v) is 3.50. The second-order valence-corrected chi connectivity index (χ2v) is 7.55. The lowest BCUT2D eigenvalue weighted by molar-refractivity contribution is -0.119. The van der Waals surface area contributed by atoms with Crippen LogP contribution in [0, 0.1) is 5.82 Å². The van der Waals surface area contributed by atoms with Gasteiger partial charge in [0, 0.05) is 24.3 Å². The Morgan fingerprint density at radius 3 is 2.64 bits per heavy atom. The number of aliphatic imine (C=N–C) groups is 2. The van der Waals surface area contributed by atoms with E-state index in [2.05, 4.69) is 20.6 Å². The predicted octanol–water partition coefficient (Wildman–Crippen LogP) is 2.17. The van der Waals surface area contributed by atoms with Crippen molar-refractivity contribution in [3.8, 4) is 11.1 Å². The quantitative estimate of drug-likeness (QED) is 0.672. The Morgan fingerprint density at radius 2 is 1.97 bits per heavy atom. The number of benzene rings is 2. The van der Waals surface area contributed by atoms with Crippen LogP contribution in [0.1, 0.15) is 17.3 Å². The van der Waals surface area contributed by atoms with Gasteiger partial charge in [-0.1, -0.05) is 12.1 Å². The molecule has 2 aliphatic rings. The summed E-state index contributed by atoms with van der Waals surface area (Å²) in [6, 6.07) is 11.0. The first-order valence-corrected chi connectivity index (χ1v) is 10.4. The van der Waals surface area contributed by atoms with Gasteiger partial charge in [0.1, 0.15) is 17.8 Å². The summed E-state index contributed by atoms with van der Waals surface area (Å²) >= 11 is 0. The number of hydrogen-bond donors (Lipinski definition) is 2. The minimum absolute atomic E-state index is 0.194. The standard InChI is InChI=1S/C23H22FN5O4/c1-14(30)27-11-18-13-29(23(32)33-18)17-6-7-19(20(24)10-17)15-2-4-16(5-3-15)22(31)28-12-21-25-8-9-26-21/h2-8,10,18H,9,11-13H2,1H3,(H,27,30)(H,28,31)/t18-/m0/s1. The smallest absolute Gasteiger partial charge is 0.414 e. The zero-order chi connectivity index (χ0) is 23.4. The van der Waals surface area contributed by atoms with Crippen LogP contribution in [0.4, 0.5) is 14.9 Å². The van der Waals surface area contributed by atoms with Crippen molar-refractivity contribution in [1.82, 2.24) is 10.6 Å². The van der Waals surface area contributed by atoms with E-state index in [1.807, 2.05) is 0 Å². The normalized spacial score (nSPS) is 17.0. The van der Waals surface area contributed by atoms with Crippen molar-refractivity contribution in [2.24, 2.45) is 9.98 Å². The molecule has 1 fully saturated rings. The van der Waals surface area contributed by atoms with Gasteiger partial charge in [0.05, 0.1) is 31.9 Å². The number of carbonyl (C=O) groups is 3. The molecule has 0 aromatic heterocycles. The van der Waals surface area contributed by atoms with Crippen molar-refractivity contribution >= 4 is 35.6 Å². The molecule has 2 N–H and O–H groups in total. The zero-order valence-electron chi connectivity index (χ0n) is 17.9. The summed E-state index contributed by atoms with van der Waals surface area (Å²) in [5, 5.41) is 5.34. The van der Waals surface area contributed by atoms with E-state index in [1.165, 1.54) is 17.9 Å². The summed E-state index contributed by atoms with van der Waals surface area (Å²) in [4.78, 5) is 45.0. The van der Waals surface area contributed by atoms with Crippen molar-refractivity contribution in [3.63, 3.8) is 0 Å². The van der Waals surface area contributed by atoms with Gasteiger partial charge in [0.2, 0.25) is 5.91 Å². The molecule has 3 amide bonds.